The van der Waals surface area contributed by atoms with Gasteiger partial charge in [0.2, 0.25) is 5.88 Å². The van der Waals surface area contributed by atoms with E-state index in [1.54, 1.807) is 6.20 Å². The number of nitrogens with one attached hydrogen (secondary N) is 4. The molecule has 2 aromatic heterocycles. The normalized spacial score (nSPS) is 19.7. The zero-order valence-corrected chi connectivity index (χ0v) is 21.2. The Morgan fingerprint density at radius 3 is 2.55 bits per heavy atom. The molecule has 2 aromatic carbocycles. The van der Waals surface area contributed by atoms with Crippen molar-refractivity contribution in [2.75, 3.05) is 13.1 Å². The summed E-state index contributed by atoms with van der Waals surface area (Å²) in [6, 6.07) is 14.1. The van der Waals surface area contributed by atoms with Gasteiger partial charge < -0.3 is 31.8 Å². The highest BCUT2D eigenvalue weighted by atomic mass is 16.3. The highest BCUT2D eigenvalue weighted by Crippen LogP contribution is 2.31. The minimum atomic E-state index is -0.0577. The van der Waals surface area contributed by atoms with Crippen LogP contribution in [-0.2, 0) is 0 Å². The van der Waals surface area contributed by atoms with E-state index in [4.69, 9.17) is 10.7 Å². The van der Waals surface area contributed by atoms with Gasteiger partial charge in [-0.3, -0.25) is 0 Å². The van der Waals surface area contributed by atoms with Crippen molar-refractivity contribution in [3.05, 3.63) is 78.5 Å². The Hall–Kier alpha value is -4.21. The zero-order valence-electron chi connectivity index (χ0n) is 21.2. The number of imidazole rings is 1. The van der Waals surface area contributed by atoms with Crippen molar-refractivity contribution in [3.8, 4) is 28.5 Å². The maximum absolute atomic E-state index is 10.8. The van der Waals surface area contributed by atoms with Crippen molar-refractivity contribution in [1.82, 2.24) is 35.9 Å². The largest absolute Gasteiger partial charge is 0.493 e. The first kappa shape index (κ1) is 24.1. The number of hydrogen-bond donors (Lipinski definition) is 6. The molecule has 0 saturated carbocycles. The molecule has 2 saturated heterocycles. The molecule has 194 valence electrons. The molecule has 0 unspecified atom stereocenters. The first-order valence-corrected chi connectivity index (χ1v) is 13.1. The first-order chi connectivity index (χ1) is 18.6. The lowest BCUT2D eigenvalue weighted by atomic mass is 10.1. The Labute approximate surface area is 221 Å². The fraction of sp³-hybridized carbons (Fsp3) is 0.276. The van der Waals surface area contributed by atoms with Gasteiger partial charge in [-0.2, -0.15) is 4.98 Å². The van der Waals surface area contributed by atoms with Crippen LogP contribution in [0.2, 0.25) is 0 Å². The third-order valence-corrected chi connectivity index (χ3v) is 7.37. The van der Waals surface area contributed by atoms with E-state index >= 15 is 0 Å². The molecule has 0 bridgehead atoms. The van der Waals surface area contributed by atoms with E-state index in [1.165, 1.54) is 0 Å². The number of H-pyrrole nitrogens is 1. The number of fused-ring (bicyclic) bond motifs is 1. The van der Waals surface area contributed by atoms with Crippen molar-refractivity contribution in [2.24, 2.45) is 5.73 Å². The number of benzene rings is 2. The lowest BCUT2D eigenvalue weighted by Gasteiger charge is -2.18. The highest BCUT2D eigenvalue weighted by molar-refractivity contribution is 5.89. The number of aromatic hydroxyl groups is 1. The quantitative estimate of drug-likeness (QED) is 0.221. The molecule has 0 aliphatic carbocycles. The molecule has 9 heteroatoms. The van der Waals surface area contributed by atoms with Gasteiger partial charge in [0.1, 0.15) is 5.82 Å². The summed E-state index contributed by atoms with van der Waals surface area (Å²) < 4.78 is 0. The molecule has 38 heavy (non-hydrogen) atoms. The molecule has 4 aromatic rings. The lowest BCUT2D eigenvalue weighted by molar-refractivity contribution is 0.460. The summed E-state index contributed by atoms with van der Waals surface area (Å²) >= 11 is 0. The van der Waals surface area contributed by atoms with Crippen LogP contribution in [0.3, 0.4) is 0 Å². The Morgan fingerprint density at radius 1 is 1.03 bits per heavy atom. The Bertz CT molecular complexity index is 1500. The predicted molar refractivity (Wildman–Crippen MR) is 150 cm³/mol. The second-order valence-corrected chi connectivity index (χ2v) is 9.89. The van der Waals surface area contributed by atoms with Crippen LogP contribution in [0.5, 0.6) is 5.88 Å². The fourth-order valence-corrected chi connectivity index (χ4v) is 5.24. The van der Waals surface area contributed by atoms with Gasteiger partial charge in [0.15, 0.2) is 5.82 Å². The van der Waals surface area contributed by atoms with Crippen LogP contribution < -0.4 is 21.7 Å². The van der Waals surface area contributed by atoms with E-state index in [-0.39, 0.29) is 18.0 Å². The van der Waals surface area contributed by atoms with Crippen LogP contribution in [-0.4, -0.2) is 44.2 Å². The van der Waals surface area contributed by atoms with Crippen molar-refractivity contribution >= 4 is 16.6 Å². The maximum atomic E-state index is 10.8. The summed E-state index contributed by atoms with van der Waals surface area (Å²) in [7, 11) is 0. The summed E-state index contributed by atoms with van der Waals surface area (Å²) in [5.41, 5.74) is 11.8. The van der Waals surface area contributed by atoms with Crippen molar-refractivity contribution < 1.29 is 5.11 Å². The summed E-state index contributed by atoms with van der Waals surface area (Å²) in [5, 5.41) is 21.6. The van der Waals surface area contributed by atoms with E-state index in [0.29, 0.717) is 16.7 Å². The first-order valence-electron chi connectivity index (χ1n) is 13.1. The van der Waals surface area contributed by atoms with E-state index in [0.717, 1.165) is 78.4 Å². The third-order valence-electron chi connectivity index (χ3n) is 7.37. The Kier molecular flexibility index (Phi) is 6.53. The van der Waals surface area contributed by atoms with Gasteiger partial charge in [-0.15, -0.1) is 0 Å². The van der Waals surface area contributed by atoms with Crippen LogP contribution >= 0.6 is 0 Å². The third kappa shape index (κ3) is 4.73. The molecular formula is C29H32N8O. The molecule has 2 aliphatic rings. The lowest BCUT2D eigenvalue weighted by Crippen LogP contribution is -2.30. The summed E-state index contributed by atoms with van der Waals surface area (Å²) in [5.74, 6) is 1.34. The molecule has 0 radical (unpaired) electrons. The molecule has 0 amide bonds. The SMILES string of the molecule is C=C(N/C(=C\N)c1ccc(-c2nc(O)c3cc(-c4cnc([C@@H]5CCCN5)[nH]4)ccc3n2)cc1)[C@@H]1CCCN1. The molecular weight excluding hydrogens is 476 g/mol. The van der Waals surface area contributed by atoms with Gasteiger partial charge in [0.25, 0.3) is 0 Å². The van der Waals surface area contributed by atoms with Gasteiger partial charge >= 0.3 is 0 Å². The number of aromatic nitrogens is 4. The molecule has 0 spiro atoms. The van der Waals surface area contributed by atoms with E-state index in [1.807, 2.05) is 48.7 Å². The zero-order chi connectivity index (χ0) is 26.1. The van der Waals surface area contributed by atoms with Crippen molar-refractivity contribution in [3.63, 3.8) is 0 Å². The summed E-state index contributed by atoms with van der Waals surface area (Å²) in [6.45, 7) is 6.19. The molecule has 6 rings (SSSR count). The second kappa shape index (κ2) is 10.3. The van der Waals surface area contributed by atoms with Gasteiger partial charge in [-0.25, -0.2) is 9.97 Å². The smallest absolute Gasteiger partial charge is 0.222 e. The topological polar surface area (TPSA) is 137 Å². The molecule has 9 nitrogen and oxygen atoms in total. The predicted octanol–water partition coefficient (Wildman–Crippen LogP) is 3.93. The van der Waals surface area contributed by atoms with Crippen LogP contribution in [0.25, 0.3) is 39.2 Å². The van der Waals surface area contributed by atoms with E-state index in [9.17, 15) is 5.11 Å². The van der Waals surface area contributed by atoms with E-state index in [2.05, 4.69) is 37.5 Å². The summed E-state index contributed by atoms with van der Waals surface area (Å²) in [4.78, 5) is 17.1. The number of rotatable bonds is 7. The van der Waals surface area contributed by atoms with E-state index < -0.39 is 0 Å². The number of aromatic amines is 1. The van der Waals surface area contributed by atoms with Crippen molar-refractivity contribution in [1.29, 1.82) is 0 Å². The number of nitrogens with two attached hydrogens (primary N) is 1. The van der Waals surface area contributed by atoms with Gasteiger partial charge in [-0.05, 0) is 56.5 Å². The van der Waals surface area contributed by atoms with Crippen LogP contribution in [0.1, 0.15) is 43.1 Å². The van der Waals surface area contributed by atoms with Gasteiger partial charge in [0.05, 0.1) is 34.5 Å². The molecule has 2 atom stereocenters. The molecule has 7 N–H and O–H groups in total. The number of hydrogen-bond acceptors (Lipinski definition) is 8. The second-order valence-electron chi connectivity index (χ2n) is 9.89. The van der Waals surface area contributed by atoms with Gasteiger partial charge in [0, 0.05) is 29.1 Å². The minimum absolute atomic E-state index is 0.0577. The summed E-state index contributed by atoms with van der Waals surface area (Å²) in [6.07, 6.45) is 7.83. The minimum Gasteiger partial charge on any atom is -0.493 e. The Morgan fingerprint density at radius 2 is 1.82 bits per heavy atom. The fourth-order valence-electron chi connectivity index (χ4n) is 5.24. The standard InChI is InChI=1S/C29H32N8O/c1-17(22-4-2-12-31-22)34-25(15-30)18-6-8-19(9-7-18)27-35-23-11-10-20(14-21(23)29(38)37-27)26-16-33-28(36-26)24-5-3-13-32-24/h6-11,14-16,22,24,31-32,34H,1-5,12-13,30H2,(H,33,36)(H,35,37,38)/b25-15-/t22-,24-/m0/s1. The van der Waals surface area contributed by atoms with Crippen LogP contribution in [0, 0.1) is 0 Å². The monoisotopic (exact) mass is 508 g/mol. The van der Waals surface area contributed by atoms with Crippen LogP contribution in [0.15, 0.2) is 67.1 Å². The average molecular weight is 509 g/mol. The average Bonchev–Trinajstić information content (AvgIpc) is 3.74. The Balaban J connectivity index is 1.22. The number of nitrogens with zero attached hydrogens (tertiary/aromatic N) is 3. The van der Waals surface area contributed by atoms with Gasteiger partial charge in [-0.1, -0.05) is 36.9 Å². The highest BCUT2D eigenvalue weighted by Gasteiger charge is 2.20. The van der Waals surface area contributed by atoms with Crippen LogP contribution in [0.4, 0.5) is 0 Å². The molecule has 2 aliphatic heterocycles. The maximum Gasteiger partial charge on any atom is 0.222 e. The van der Waals surface area contributed by atoms with Crippen molar-refractivity contribution in [2.45, 2.75) is 37.8 Å². The molecule has 2 fully saturated rings. The molecule has 4 heterocycles.